The first kappa shape index (κ1) is 16.8. The van der Waals surface area contributed by atoms with Crippen molar-refractivity contribution in [3.63, 3.8) is 0 Å². The van der Waals surface area contributed by atoms with E-state index in [1.165, 1.54) is 4.90 Å². The fraction of sp³-hybridized carbons (Fsp3) is 0.105. The number of nitrogens with zero attached hydrogens (tertiary/aromatic N) is 3. The zero-order valence-electron chi connectivity index (χ0n) is 13.8. The molecule has 3 heterocycles. The average molecular weight is 384 g/mol. The smallest absolute Gasteiger partial charge is 0.215 e. The minimum absolute atomic E-state index is 0.552. The molecular formula is C19H14ClN3O2S. The zero-order chi connectivity index (χ0) is 18.1. The summed E-state index contributed by atoms with van der Waals surface area (Å²) in [6, 6.07) is 11.7. The molecule has 0 aliphatic carbocycles. The number of furan rings is 1. The van der Waals surface area contributed by atoms with Gasteiger partial charge in [0.25, 0.3) is 0 Å². The molecule has 0 N–H and O–H groups in total. The highest BCUT2D eigenvalue weighted by Gasteiger charge is 2.17. The van der Waals surface area contributed by atoms with Crippen molar-refractivity contribution in [3.05, 3.63) is 65.2 Å². The van der Waals surface area contributed by atoms with Crippen molar-refractivity contribution in [2.45, 2.75) is 6.42 Å². The molecule has 26 heavy (non-hydrogen) atoms. The third-order valence-electron chi connectivity index (χ3n) is 4.08. The number of thiophene rings is 1. The molecule has 130 valence electrons. The fourth-order valence-electron chi connectivity index (χ4n) is 2.73. The van der Waals surface area contributed by atoms with Gasteiger partial charge in [-0.05, 0) is 35.4 Å². The van der Waals surface area contributed by atoms with E-state index in [0.717, 1.165) is 38.2 Å². The predicted molar refractivity (Wildman–Crippen MR) is 104 cm³/mol. The molecule has 0 fully saturated rings. The Labute approximate surface area is 158 Å². The Balaban J connectivity index is 1.88. The van der Waals surface area contributed by atoms with Crippen molar-refractivity contribution in [2.75, 3.05) is 11.9 Å². The number of amides is 1. The number of halogens is 1. The number of carbonyl (C=O) groups is 1. The number of hydrogen-bond donors (Lipinski definition) is 0. The fourth-order valence-corrected chi connectivity index (χ4v) is 4.07. The van der Waals surface area contributed by atoms with Crippen LogP contribution >= 0.6 is 22.9 Å². The standard InChI is InChI=1S/C19H14ClN3O2S/c1-23(11-24)19-18-15(16(21-22-19)8-12-6-7-25-10-12)9-17(26-18)13-2-4-14(20)5-3-13/h2-7,9-11H,8H2,1H3. The molecule has 3 aromatic heterocycles. The van der Waals surface area contributed by atoms with E-state index in [9.17, 15) is 4.79 Å². The summed E-state index contributed by atoms with van der Waals surface area (Å²) in [5, 5.41) is 10.3. The van der Waals surface area contributed by atoms with Crippen LogP contribution in [0.1, 0.15) is 11.3 Å². The van der Waals surface area contributed by atoms with Crippen LogP contribution in [0, 0.1) is 0 Å². The van der Waals surface area contributed by atoms with Crippen molar-refractivity contribution in [1.82, 2.24) is 10.2 Å². The number of aromatic nitrogens is 2. The summed E-state index contributed by atoms with van der Waals surface area (Å²) in [6.45, 7) is 0. The summed E-state index contributed by atoms with van der Waals surface area (Å²) < 4.78 is 6.08. The van der Waals surface area contributed by atoms with Gasteiger partial charge in [0.2, 0.25) is 6.41 Å². The Hall–Kier alpha value is -2.70. The molecule has 4 rings (SSSR count). The minimum atomic E-state index is 0.552. The highest BCUT2D eigenvalue weighted by Crippen LogP contribution is 2.39. The van der Waals surface area contributed by atoms with Gasteiger partial charge >= 0.3 is 0 Å². The van der Waals surface area contributed by atoms with Crippen molar-refractivity contribution in [1.29, 1.82) is 0 Å². The molecule has 0 unspecified atom stereocenters. The number of fused-ring (bicyclic) bond motifs is 1. The van der Waals surface area contributed by atoms with Crippen molar-refractivity contribution in [2.24, 2.45) is 0 Å². The molecule has 0 aliphatic rings. The van der Waals surface area contributed by atoms with Gasteiger partial charge in [-0.3, -0.25) is 9.69 Å². The van der Waals surface area contributed by atoms with Gasteiger partial charge in [0.05, 0.1) is 22.9 Å². The van der Waals surface area contributed by atoms with Crippen molar-refractivity contribution in [3.8, 4) is 10.4 Å². The largest absolute Gasteiger partial charge is 0.472 e. The van der Waals surface area contributed by atoms with E-state index in [2.05, 4.69) is 16.3 Å². The van der Waals surface area contributed by atoms with Crippen LogP contribution in [0.3, 0.4) is 0 Å². The lowest BCUT2D eigenvalue weighted by atomic mass is 10.1. The highest BCUT2D eigenvalue weighted by molar-refractivity contribution is 7.22. The lowest BCUT2D eigenvalue weighted by Gasteiger charge is -2.10. The van der Waals surface area contributed by atoms with Crippen LogP contribution in [0.15, 0.2) is 53.3 Å². The summed E-state index contributed by atoms with van der Waals surface area (Å²) in [5.41, 5.74) is 2.93. The molecule has 0 spiro atoms. The van der Waals surface area contributed by atoms with Gasteiger partial charge in [-0.25, -0.2) is 0 Å². The Morgan fingerprint density at radius 2 is 2.04 bits per heavy atom. The molecule has 0 saturated heterocycles. The van der Waals surface area contributed by atoms with Crippen LogP contribution in [0.5, 0.6) is 0 Å². The number of carbonyl (C=O) groups excluding carboxylic acids is 1. The predicted octanol–water partition coefficient (Wildman–Crippen LogP) is 4.79. The first-order chi connectivity index (χ1) is 12.7. The summed E-state index contributed by atoms with van der Waals surface area (Å²) >= 11 is 7.58. The summed E-state index contributed by atoms with van der Waals surface area (Å²) in [7, 11) is 1.67. The minimum Gasteiger partial charge on any atom is -0.472 e. The van der Waals surface area contributed by atoms with Gasteiger partial charge in [-0.15, -0.1) is 16.4 Å². The molecule has 0 radical (unpaired) electrons. The second kappa shape index (κ2) is 6.90. The van der Waals surface area contributed by atoms with Gasteiger partial charge in [0.15, 0.2) is 5.82 Å². The number of anilines is 1. The van der Waals surface area contributed by atoms with Gasteiger partial charge in [-0.1, -0.05) is 23.7 Å². The summed E-state index contributed by atoms with van der Waals surface area (Å²) in [6.07, 6.45) is 4.69. The first-order valence-corrected chi connectivity index (χ1v) is 9.09. The van der Waals surface area contributed by atoms with E-state index in [4.69, 9.17) is 16.0 Å². The van der Waals surface area contributed by atoms with Crippen molar-refractivity contribution >= 4 is 45.3 Å². The van der Waals surface area contributed by atoms with E-state index in [-0.39, 0.29) is 0 Å². The molecule has 7 heteroatoms. The monoisotopic (exact) mass is 383 g/mol. The van der Waals surface area contributed by atoms with E-state index in [0.29, 0.717) is 17.3 Å². The van der Waals surface area contributed by atoms with Crippen LogP contribution < -0.4 is 4.90 Å². The SMILES string of the molecule is CN(C=O)c1nnc(Cc2ccoc2)c2cc(-c3ccc(Cl)cc3)sc12. The van der Waals surface area contributed by atoms with Crippen LogP contribution in [-0.2, 0) is 11.2 Å². The molecular weight excluding hydrogens is 370 g/mol. The normalized spacial score (nSPS) is 11.0. The molecule has 0 bridgehead atoms. The maximum atomic E-state index is 11.2. The summed E-state index contributed by atoms with van der Waals surface area (Å²) in [4.78, 5) is 13.8. The molecule has 4 aromatic rings. The van der Waals surface area contributed by atoms with Gasteiger partial charge in [-0.2, -0.15) is 5.10 Å². The zero-order valence-corrected chi connectivity index (χ0v) is 15.4. The maximum Gasteiger partial charge on any atom is 0.215 e. The average Bonchev–Trinajstić information content (AvgIpc) is 3.32. The molecule has 1 amide bonds. The van der Waals surface area contributed by atoms with E-state index in [1.807, 2.05) is 30.3 Å². The van der Waals surface area contributed by atoms with E-state index >= 15 is 0 Å². The lowest BCUT2D eigenvalue weighted by molar-refractivity contribution is -0.107. The van der Waals surface area contributed by atoms with Gasteiger partial charge < -0.3 is 4.42 Å². The van der Waals surface area contributed by atoms with Crippen LogP contribution in [0.25, 0.3) is 20.5 Å². The third kappa shape index (κ3) is 3.09. The lowest BCUT2D eigenvalue weighted by Crippen LogP contribution is -2.16. The third-order valence-corrected chi connectivity index (χ3v) is 5.52. The summed E-state index contributed by atoms with van der Waals surface area (Å²) in [5.74, 6) is 0.552. The Bertz CT molecular complexity index is 1060. The van der Waals surface area contributed by atoms with Gasteiger partial charge in [0, 0.05) is 28.8 Å². The first-order valence-electron chi connectivity index (χ1n) is 7.90. The topological polar surface area (TPSA) is 59.2 Å². The number of hydrogen-bond acceptors (Lipinski definition) is 5. The quantitative estimate of drug-likeness (QED) is 0.465. The van der Waals surface area contributed by atoms with Crippen molar-refractivity contribution < 1.29 is 9.21 Å². The van der Waals surface area contributed by atoms with Gasteiger partial charge in [0.1, 0.15) is 0 Å². The van der Waals surface area contributed by atoms with E-state index < -0.39 is 0 Å². The molecule has 0 saturated carbocycles. The second-order valence-corrected chi connectivity index (χ2v) is 7.34. The number of rotatable bonds is 5. The Kier molecular flexibility index (Phi) is 4.44. The highest BCUT2D eigenvalue weighted by atomic mass is 35.5. The Morgan fingerprint density at radius 1 is 1.23 bits per heavy atom. The van der Waals surface area contributed by atoms with Crippen LogP contribution in [-0.4, -0.2) is 23.7 Å². The molecule has 0 aliphatic heterocycles. The Morgan fingerprint density at radius 3 is 2.73 bits per heavy atom. The van der Waals surface area contributed by atoms with Crippen LogP contribution in [0.2, 0.25) is 5.02 Å². The second-order valence-electron chi connectivity index (χ2n) is 5.86. The number of benzene rings is 1. The van der Waals surface area contributed by atoms with E-state index in [1.54, 1.807) is 30.9 Å². The molecule has 0 atom stereocenters. The molecule has 5 nitrogen and oxygen atoms in total. The maximum absolute atomic E-state index is 11.2. The van der Waals surface area contributed by atoms with Crippen LogP contribution in [0.4, 0.5) is 5.82 Å². The molecule has 1 aromatic carbocycles.